The molecule has 1 rings (SSSR count). The normalized spacial score (nSPS) is 17.9. The van der Waals surface area contributed by atoms with Crippen LogP contribution in [0.3, 0.4) is 0 Å². The molecule has 0 aromatic rings. The van der Waals surface area contributed by atoms with Crippen LogP contribution in [-0.2, 0) is 4.79 Å². The third-order valence-electron chi connectivity index (χ3n) is 3.37. The molecule has 0 aromatic heterocycles. The van der Waals surface area contributed by atoms with E-state index in [9.17, 15) is 18.0 Å². The second-order valence-corrected chi connectivity index (χ2v) is 4.84. The number of carbonyl (C=O) groups excluding carboxylic acids is 1. The van der Waals surface area contributed by atoms with Crippen molar-refractivity contribution in [2.75, 3.05) is 13.6 Å². The van der Waals surface area contributed by atoms with Crippen LogP contribution >= 0.6 is 12.4 Å². The lowest BCUT2D eigenvalue weighted by Gasteiger charge is -2.27. The van der Waals surface area contributed by atoms with Gasteiger partial charge in [0.2, 0.25) is 5.91 Å². The molecule has 7 heteroatoms. The fourth-order valence-electron chi connectivity index (χ4n) is 2.43. The van der Waals surface area contributed by atoms with E-state index in [1.54, 1.807) is 7.05 Å². The average Bonchev–Trinajstić information content (AvgIpc) is 2.77. The monoisotopic (exact) mass is 302 g/mol. The van der Waals surface area contributed by atoms with Crippen molar-refractivity contribution in [3.8, 4) is 0 Å². The van der Waals surface area contributed by atoms with E-state index in [4.69, 9.17) is 0 Å². The number of amides is 1. The molecule has 0 aliphatic heterocycles. The lowest BCUT2D eigenvalue weighted by Crippen LogP contribution is -2.49. The summed E-state index contributed by atoms with van der Waals surface area (Å²) in [6.07, 6.45) is -0.882. The van der Waals surface area contributed by atoms with Gasteiger partial charge in [-0.15, -0.1) is 12.4 Å². The Labute approximate surface area is 118 Å². The minimum absolute atomic E-state index is 0. The van der Waals surface area contributed by atoms with Crippen LogP contribution in [0.15, 0.2) is 0 Å². The summed E-state index contributed by atoms with van der Waals surface area (Å²) in [5.74, 6) is -0.947. The molecule has 1 saturated carbocycles. The molecule has 114 valence electrons. The Kier molecular flexibility index (Phi) is 8.41. The molecular weight excluding hydrogens is 281 g/mol. The Morgan fingerprint density at radius 1 is 1.32 bits per heavy atom. The lowest BCUT2D eigenvalue weighted by atomic mass is 9.97. The Bertz CT molecular complexity index is 268. The van der Waals surface area contributed by atoms with E-state index in [1.807, 2.05) is 0 Å². The van der Waals surface area contributed by atoms with Gasteiger partial charge in [-0.1, -0.05) is 12.8 Å². The number of rotatable bonds is 6. The Hall–Kier alpha value is -0.490. The number of hydrogen-bond acceptors (Lipinski definition) is 2. The molecule has 1 unspecified atom stereocenters. The third-order valence-corrected chi connectivity index (χ3v) is 3.37. The quantitative estimate of drug-likeness (QED) is 0.741. The standard InChI is InChI=1S/C12H21F3N2O.ClH/c1-16-8-4-7-10(18)17-11(12(13,14)15)9-5-2-3-6-9;/h9,11,16H,2-8H2,1H3,(H,17,18);1H. The van der Waals surface area contributed by atoms with Gasteiger partial charge in [0.1, 0.15) is 6.04 Å². The molecular formula is C12H22ClF3N2O. The minimum Gasteiger partial charge on any atom is -0.344 e. The summed E-state index contributed by atoms with van der Waals surface area (Å²) in [6.45, 7) is 0.632. The van der Waals surface area contributed by atoms with Gasteiger partial charge in [0.05, 0.1) is 0 Å². The topological polar surface area (TPSA) is 41.1 Å². The van der Waals surface area contributed by atoms with Crippen molar-refractivity contribution in [2.24, 2.45) is 5.92 Å². The highest BCUT2D eigenvalue weighted by molar-refractivity contribution is 5.85. The lowest BCUT2D eigenvalue weighted by molar-refractivity contribution is -0.171. The molecule has 3 nitrogen and oxygen atoms in total. The van der Waals surface area contributed by atoms with E-state index in [1.165, 1.54) is 0 Å². The number of halogens is 4. The first-order valence-corrected chi connectivity index (χ1v) is 6.46. The van der Waals surface area contributed by atoms with Crippen LogP contribution in [0.2, 0.25) is 0 Å². The molecule has 1 aliphatic carbocycles. The van der Waals surface area contributed by atoms with E-state index in [0.717, 1.165) is 12.8 Å². The Morgan fingerprint density at radius 3 is 2.37 bits per heavy atom. The first-order chi connectivity index (χ1) is 8.45. The summed E-state index contributed by atoms with van der Waals surface area (Å²) in [5.41, 5.74) is 0. The second kappa shape index (κ2) is 8.64. The van der Waals surface area contributed by atoms with E-state index < -0.39 is 24.0 Å². The fraction of sp³-hybridized carbons (Fsp3) is 0.917. The zero-order valence-corrected chi connectivity index (χ0v) is 11.9. The highest BCUT2D eigenvalue weighted by Crippen LogP contribution is 2.35. The van der Waals surface area contributed by atoms with Gasteiger partial charge in [-0.25, -0.2) is 0 Å². The number of nitrogens with one attached hydrogen (secondary N) is 2. The van der Waals surface area contributed by atoms with E-state index >= 15 is 0 Å². The molecule has 1 atom stereocenters. The summed E-state index contributed by atoms with van der Waals surface area (Å²) in [7, 11) is 1.74. The summed E-state index contributed by atoms with van der Waals surface area (Å²) in [4.78, 5) is 11.5. The van der Waals surface area contributed by atoms with Crippen molar-refractivity contribution in [1.82, 2.24) is 10.6 Å². The molecule has 2 N–H and O–H groups in total. The van der Waals surface area contributed by atoms with Crippen LogP contribution in [0.4, 0.5) is 13.2 Å². The van der Waals surface area contributed by atoms with E-state index in [2.05, 4.69) is 10.6 Å². The summed E-state index contributed by atoms with van der Waals surface area (Å²) in [5, 5.41) is 5.03. The van der Waals surface area contributed by atoms with Crippen LogP contribution in [0.5, 0.6) is 0 Å². The molecule has 1 amide bonds. The molecule has 19 heavy (non-hydrogen) atoms. The predicted molar refractivity (Wildman–Crippen MR) is 70.4 cm³/mol. The largest absolute Gasteiger partial charge is 0.408 e. The number of hydrogen-bond donors (Lipinski definition) is 2. The fourth-order valence-corrected chi connectivity index (χ4v) is 2.43. The van der Waals surface area contributed by atoms with Crippen molar-refractivity contribution < 1.29 is 18.0 Å². The SMILES string of the molecule is CNCCCC(=O)NC(C1CCCC1)C(F)(F)F.Cl. The van der Waals surface area contributed by atoms with Crippen molar-refractivity contribution in [2.45, 2.75) is 50.7 Å². The zero-order chi connectivity index (χ0) is 13.6. The molecule has 1 fully saturated rings. The van der Waals surface area contributed by atoms with Crippen molar-refractivity contribution in [3.05, 3.63) is 0 Å². The van der Waals surface area contributed by atoms with Gasteiger partial charge >= 0.3 is 6.18 Å². The Balaban J connectivity index is 0.00000324. The number of carbonyl (C=O) groups is 1. The summed E-state index contributed by atoms with van der Waals surface area (Å²) in [6, 6.07) is -1.66. The van der Waals surface area contributed by atoms with Crippen molar-refractivity contribution in [3.63, 3.8) is 0 Å². The van der Waals surface area contributed by atoms with Gasteiger partial charge < -0.3 is 10.6 Å². The highest BCUT2D eigenvalue weighted by Gasteiger charge is 2.46. The number of alkyl halides is 3. The molecule has 0 radical (unpaired) electrons. The maximum absolute atomic E-state index is 12.9. The smallest absolute Gasteiger partial charge is 0.344 e. The van der Waals surface area contributed by atoms with Crippen molar-refractivity contribution >= 4 is 18.3 Å². The van der Waals surface area contributed by atoms with E-state index in [-0.39, 0.29) is 18.8 Å². The van der Waals surface area contributed by atoms with Gasteiger partial charge in [-0.3, -0.25) is 4.79 Å². The molecule has 0 spiro atoms. The maximum Gasteiger partial charge on any atom is 0.408 e. The van der Waals surface area contributed by atoms with Gasteiger partial charge in [-0.05, 0) is 38.8 Å². The first kappa shape index (κ1) is 18.5. The van der Waals surface area contributed by atoms with Crippen LogP contribution in [-0.4, -0.2) is 31.7 Å². The molecule has 1 aliphatic rings. The predicted octanol–water partition coefficient (Wildman–Crippen LogP) is 2.65. The van der Waals surface area contributed by atoms with Gasteiger partial charge in [0, 0.05) is 6.42 Å². The highest BCUT2D eigenvalue weighted by atomic mass is 35.5. The van der Waals surface area contributed by atoms with Crippen molar-refractivity contribution in [1.29, 1.82) is 0 Å². The second-order valence-electron chi connectivity index (χ2n) is 4.84. The average molecular weight is 303 g/mol. The third kappa shape index (κ3) is 6.47. The van der Waals surface area contributed by atoms with Gasteiger partial charge in [-0.2, -0.15) is 13.2 Å². The van der Waals surface area contributed by atoms with Crippen LogP contribution in [0.25, 0.3) is 0 Å². The Morgan fingerprint density at radius 2 is 1.89 bits per heavy atom. The maximum atomic E-state index is 12.9. The van der Waals surface area contributed by atoms with Crippen LogP contribution in [0.1, 0.15) is 38.5 Å². The zero-order valence-electron chi connectivity index (χ0n) is 11.1. The molecule has 0 heterocycles. The molecule has 0 saturated heterocycles. The van der Waals surface area contributed by atoms with Gasteiger partial charge in [0.15, 0.2) is 0 Å². The van der Waals surface area contributed by atoms with Gasteiger partial charge in [0.25, 0.3) is 0 Å². The molecule has 0 bridgehead atoms. The van der Waals surface area contributed by atoms with Crippen LogP contribution < -0.4 is 10.6 Å². The summed E-state index contributed by atoms with van der Waals surface area (Å²) < 4.78 is 38.7. The van der Waals surface area contributed by atoms with E-state index in [0.29, 0.717) is 25.8 Å². The summed E-state index contributed by atoms with van der Waals surface area (Å²) >= 11 is 0. The first-order valence-electron chi connectivity index (χ1n) is 6.46. The minimum atomic E-state index is -4.34. The molecule has 0 aromatic carbocycles. The van der Waals surface area contributed by atoms with Crippen LogP contribution in [0, 0.1) is 5.92 Å².